The molecule has 1 rings (SSSR count). The third-order valence-electron chi connectivity index (χ3n) is 3.32. The molecule has 1 aliphatic rings. The molecule has 1 fully saturated rings. The summed E-state index contributed by atoms with van der Waals surface area (Å²) in [5.74, 6) is 0. The van der Waals surface area contributed by atoms with E-state index in [1.807, 2.05) is 19.1 Å². The number of nitrogens with one attached hydrogen (secondary N) is 1. The minimum absolute atomic E-state index is 0.0713. The summed E-state index contributed by atoms with van der Waals surface area (Å²) >= 11 is 0. The molecule has 6 heteroatoms. The highest BCUT2D eigenvalue weighted by atomic mass is 16.7. The number of hydrogen-bond acceptors (Lipinski definition) is 6. The van der Waals surface area contributed by atoms with E-state index in [1.165, 1.54) is 0 Å². The predicted molar refractivity (Wildman–Crippen MR) is 77.4 cm³/mol. The van der Waals surface area contributed by atoms with E-state index < -0.39 is 0 Å². The van der Waals surface area contributed by atoms with Crippen LogP contribution >= 0.6 is 0 Å². The summed E-state index contributed by atoms with van der Waals surface area (Å²) < 4.78 is 22.4. The van der Waals surface area contributed by atoms with Gasteiger partial charge in [-0.05, 0) is 6.42 Å². The smallest absolute Gasteiger partial charge is 0.175 e. The zero-order valence-electron chi connectivity index (χ0n) is 13.4. The van der Waals surface area contributed by atoms with Crippen molar-refractivity contribution >= 4 is 0 Å². The summed E-state index contributed by atoms with van der Waals surface area (Å²) in [6.07, 6.45) is 2.90. The first-order valence-corrected chi connectivity index (χ1v) is 7.34. The fraction of sp³-hybridized carbons (Fsp3) is 1.00. The van der Waals surface area contributed by atoms with E-state index in [-0.39, 0.29) is 24.5 Å². The molecule has 1 N–H and O–H groups in total. The Kier molecular flexibility index (Phi) is 8.60. The van der Waals surface area contributed by atoms with Gasteiger partial charge in [-0.2, -0.15) is 0 Å². The molecule has 0 radical (unpaired) electrons. The number of methoxy groups -OCH3 is 2. The molecule has 1 saturated heterocycles. The second-order valence-corrected chi connectivity index (χ2v) is 5.40. The third-order valence-corrected chi connectivity index (χ3v) is 3.32. The monoisotopic (exact) mass is 290 g/mol. The Labute approximate surface area is 122 Å². The van der Waals surface area contributed by atoms with E-state index in [1.54, 1.807) is 14.2 Å². The van der Waals surface area contributed by atoms with Crippen LogP contribution < -0.4 is 5.43 Å². The minimum atomic E-state index is -0.260. The molecule has 1 heterocycles. The summed E-state index contributed by atoms with van der Waals surface area (Å²) in [7, 11) is 7.31. The van der Waals surface area contributed by atoms with Crippen molar-refractivity contribution in [3.05, 3.63) is 0 Å². The molecular formula is C14H30N2O4. The normalized spacial score (nSPS) is 25.5. The first kappa shape index (κ1) is 17.8. The molecule has 0 unspecified atom stereocenters. The number of rotatable bonds is 10. The highest BCUT2D eigenvalue weighted by Crippen LogP contribution is 2.24. The Morgan fingerprint density at radius 3 is 2.05 bits per heavy atom. The quantitative estimate of drug-likeness (QED) is 0.606. The average molecular weight is 290 g/mol. The maximum Gasteiger partial charge on any atom is 0.175 e. The Bertz CT molecular complexity index is 239. The van der Waals surface area contributed by atoms with Crippen LogP contribution in [0.4, 0.5) is 0 Å². The first-order valence-electron chi connectivity index (χ1n) is 7.34. The van der Waals surface area contributed by atoms with Gasteiger partial charge in [-0.1, -0.05) is 19.8 Å². The molecule has 120 valence electrons. The molecule has 20 heavy (non-hydrogen) atoms. The van der Waals surface area contributed by atoms with Gasteiger partial charge in [0.15, 0.2) is 6.29 Å². The molecule has 0 aliphatic carbocycles. The predicted octanol–water partition coefficient (Wildman–Crippen LogP) is 1.01. The molecule has 0 saturated carbocycles. The van der Waals surface area contributed by atoms with Gasteiger partial charge in [-0.3, -0.25) is 5.01 Å². The van der Waals surface area contributed by atoms with Crippen LogP contribution in [0, 0.1) is 0 Å². The van der Waals surface area contributed by atoms with E-state index in [9.17, 15) is 0 Å². The number of hydrogen-bond donors (Lipinski definition) is 1. The summed E-state index contributed by atoms with van der Waals surface area (Å²) in [5.41, 5.74) is 3.38. The van der Waals surface area contributed by atoms with Crippen LogP contribution in [-0.4, -0.2) is 71.1 Å². The molecule has 0 aromatic heterocycles. The van der Waals surface area contributed by atoms with Gasteiger partial charge in [0.25, 0.3) is 0 Å². The molecule has 0 spiro atoms. The van der Waals surface area contributed by atoms with Crippen molar-refractivity contribution in [2.45, 2.75) is 50.7 Å². The zero-order chi connectivity index (χ0) is 15.0. The van der Waals surface area contributed by atoms with Crippen molar-refractivity contribution in [1.29, 1.82) is 0 Å². The van der Waals surface area contributed by atoms with Gasteiger partial charge in [-0.15, -0.1) is 0 Å². The molecule has 0 bridgehead atoms. The van der Waals surface area contributed by atoms with E-state index >= 15 is 0 Å². The van der Waals surface area contributed by atoms with Gasteiger partial charge < -0.3 is 18.9 Å². The van der Waals surface area contributed by atoms with Crippen molar-refractivity contribution in [1.82, 2.24) is 10.4 Å². The van der Waals surface area contributed by atoms with Gasteiger partial charge in [0.1, 0.15) is 12.2 Å². The van der Waals surface area contributed by atoms with Crippen molar-refractivity contribution in [3.63, 3.8) is 0 Å². The lowest BCUT2D eigenvalue weighted by atomic mass is 10.1. The molecule has 3 atom stereocenters. The second-order valence-electron chi connectivity index (χ2n) is 5.40. The number of unbranched alkanes of at least 4 members (excludes halogenated alkanes) is 1. The van der Waals surface area contributed by atoms with E-state index in [0.717, 1.165) is 19.3 Å². The molecule has 0 amide bonds. The highest BCUT2D eigenvalue weighted by Gasteiger charge is 2.40. The Morgan fingerprint density at radius 2 is 1.65 bits per heavy atom. The van der Waals surface area contributed by atoms with Gasteiger partial charge in [-0.25, -0.2) is 5.43 Å². The Morgan fingerprint density at radius 1 is 1.10 bits per heavy atom. The van der Waals surface area contributed by atoms with E-state index in [2.05, 4.69) is 12.3 Å². The summed E-state index contributed by atoms with van der Waals surface area (Å²) in [6.45, 7) is 3.23. The number of ether oxygens (including phenoxy) is 4. The average Bonchev–Trinajstić information content (AvgIpc) is 2.78. The molecule has 6 nitrogen and oxygen atoms in total. The van der Waals surface area contributed by atoms with Crippen molar-refractivity contribution in [2.24, 2.45) is 0 Å². The maximum atomic E-state index is 6.01. The van der Waals surface area contributed by atoms with Gasteiger partial charge in [0.05, 0.1) is 19.3 Å². The highest BCUT2D eigenvalue weighted by molar-refractivity contribution is 4.82. The number of nitrogens with zero attached hydrogens (tertiary/aromatic N) is 1. The first-order chi connectivity index (χ1) is 9.62. The molecular weight excluding hydrogens is 260 g/mol. The lowest BCUT2D eigenvalue weighted by Crippen LogP contribution is -2.47. The van der Waals surface area contributed by atoms with Crippen LogP contribution in [0.25, 0.3) is 0 Å². The van der Waals surface area contributed by atoms with Gasteiger partial charge >= 0.3 is 0 Å². The minimum Gasteiger partial charge on any atom is -0.382 e. The third kappa shape index (κ3) is 5.63. The lowest BCUT2D eigenvalue weighted by molar-refractivity contribution is -0.109. The SMILES string of the molecule is CCCC[C@@H](NN(C)C)C1O[C@@H](COC)[C@H](COC)O1. The zero-order valence-corrected chi connectivity index (χ0v) is 13.4. The van der Waals surface area contributed by atoms with Crippen molar-refractivity contribution in [2.75, 3.05) is 41.5 Å². The van der Waals surface area contributed by atoms with E-state index in [4.69, 9.17) is 18.9 Å². The summed E-state index contributed by atoms with van der Waals surface area (Å²) in [4.78, 5) is 0. The maximum absolute atomic E-state index is 6.01. The van der Waals surface area contributed by atoms with Gasteiger partial charge in [0.2, 0.25) is 0 Å². The van der Waals surface area contributed by atoms with Crippen LogP contribution in [0.5, 0.6) is 0 Å². The summed E-state index contributed by atoms with van der Waals surface area (Å²) in [6, 6.07) is 0.145. The molecule has 1 aliphatic heterocycles. The van der Waals surface area contributed by atoms with Crippen LogP contribution in [0.15, 0.2) is 0 Å². The Balaban J connectivity index is 2.61. The van der Waals surface area contributed by atoms with Crippen LogP contribution in [0.1, 0.15) is 26.2 Å². The lowest BCUT2D eigenvalue weighted by Gasteiger charge is -2.27. The molecule has 0 aromatic carbocycles. The van der Waals surface area contributed by atoms with Crippen molar-refractivity contribution in [3.8, 4) is 0 Å². The fourth-order valence-electron chi connectivity index (χ4n) is 2.38. The van der Waals surface area contributed by atoms with Gasteiger partial charge in [0, 0.05) is 28.3 Å². The summed E-state index contributed by atoms with van der Waals surface area (Å²) in [5, 5.41) is 1.95. The van der Waals surface area contributed by atoms with E-state index in [0.29, 0.717) is 13.2 Å². The van der Waals surface area contributed by atoms with Crippen molar-refractivity contribution < 1.29 is 18.9 Å². The van der Waals surface area contributed by atoms with Crippen LogP contribution in [0.3, 0.4) is 0 Å². The Hall–Kier alpha value is -0.240. The molecule has 0 aromatic rings. The van der Waals surface area contributed by atoms with Crippen LogP contribution in [0.2, 0.25) is 0 Å². The standard InChI is InChI=1S/C14H30N2O4/c1-6-7-8-11(15-16(2)3)14-19-12(9-17-4)13(20-14)10-18-5/h11-15H,6-10H2,1-5H3/t11-,12+,13+/m1/s1. The fourth-order valence-corrected chi connectivity index (χ4v) is 2.38. The van der Waals surface area contributed by atoms with Crippen LogP contribution in [-0.2, 0) is 18.9 Å². The second kappa shape index (κ2) is 9.65. The number of hydrazine groups is 1. The largest absolute Gasteiger partial charge is 0.382 e. The topological polar surface area (TPSA) is 52.2 Å².